The Morgan fingerprint density at radius 3 is 2.65 bits per heavy atom. The van der Waals surface area contributed by atoms with E-state index in [1.54, 1.807) is 0 Å². The molecule has 2 amide bonds. The first-order valence-corrected chi connectivity index (χ1v) is 13.0. The minimum absolute atomic E-state index is 0.108. The van der Waals surface area contributed by atoms with Crippen molar-refractivity contribution in [1.82, 2.24) is 19.6 Å². The summed E-state index contributed by atoms with van der Waals surface area (Å²) in [5, 5.41) is 3.03. The van der Waals surface area contributed by atoms with Gasteiger partial charge in [-0.2, -0.15) is 0 Å². The van der Waals surface area contributed by atoms with Crippen LogP contribution in [0.15, 0.2) is 18.3 Å². The zero-order valence-electron chi connectivity index (χ0n) is 20.7. The van der Waals surface area contributed by atoms with E-state index in [9.17, 15) is 9.59 Å². The first kappa shape index (κ1) is 24.7. The Bertz CT molecular complexity index is 976. The van der Waals surface area contributed by atoms with Crippen molar-refractivity contribution in [2.75, 3.05) is 50.8 Å². The molecule has 2 fully saturated rings. The number of carbonyl (C=O) groups excluding carboxylic acids is 2. The Hall–Kier alpha value is -2.45. The van der Waals surface area contributed by atoms with Gasteiger partial charge in [0.1, 0.15) is 11.5 Å². The van der Waals surface area contributed by atoms with E-state index in [2.05, 4.69) is 17.1 Å². The Morgan fingerprint density at radius 1 is 1.18 bits per heavy atom. The molecule has 186 valence electrons. The lowest BCUT2D eigenvalue weighted by Gasteiger charge is -2.26. The van der Waals surface area contributed by atoms with Crippen LogP contribution < -0.4 is 10.2 Å². The number of aromatic nitrogens is 2. The van der Waals surface area contributed by atoms with E-state index in [0.717, 1.165) is 62.8 Å². The largest absolute Gasteiger partial charge is 0.379 e. The maximum Gasteiger partial charge on any atom is 0.252 e. The second-order valence-corrected chi connectivity index (χ2v) is 9.42. The number of amides is 2. The van der Waals surface area contributed by atoms with E-state index in [1.165, 1.54) is 25.7 Å². The number of aryl methyl sites for hydroxylation is 1. The second-order valence-electron chi connectivity index (χ2n) is 9.42. The maximum atomic E-state index is 13.2. The zero-order valence-corrected chi connectivity index (χ0v) is 20.7. The van der Waals surface area contributed by atoms with E-state index in [0.29, 0.717) is 31.0 Å². The molecule has 8 heteroatoms. The van der Waals surface area contributed by atoms with Crippen LogP contribution in [0.25, 0.3) is 5.65 Å². The zero-order chi connectivity index (χ0) is 23.9. The fraction of sp³-hybridized carbons (Fsp3) is 0.654. The predicted octanol–water partition coefficient (Wildman–Crippen LogP) is 3.28. The van der Waals surface area contributed by atoms with Crippen molar-refractivity contribution in [3.63, 3.8) is 0 Å². The summed E-state index contributed by atoms with van der Waals surface area (Å²) in [7, 11) is 0. The number of hydrogen-bond acceptors (Lipinski definition) is 5. The third kappa shape index (κ3) is 5.78. The second kappa shape index (κ2) is 11.8. The average Bonchev–Trinajstić information content (AvgIpc) is 3.51. The van der Waals surface area contributed by atoms with Crippen molar-refractivity contribution in [3.8, 4) is 0 Å². The van der Waals surface area contributed by atoms with Crippen molar-refractivity contribution in [1.29, 1.82) is 0 Å². The highest BCUT2D eigenvalue weighted by atomic mass is 16.5. The van der Waals surface area contributed by atoms with Gasteiger partial charge in [-0.3, -0.25) is 23.8 Å². The summed E-state index contributed by atoms with van der Waals surface area (Å²) in [6.07, 6.45) is 9.17. The molecular formula is C26H39N5O3. The van der Waals surface area contributed by atoms with Gasteiger partial charge in [-0.1, -0.05) is 32.6 Å². The van der Waals surface area contributed by atoms with Crippen LogP contribution in [0.1, 0.15) is 68.4 Å². The smallest absolute Gasteiger partial charge is 0.252 e. The number of imidazole rings is 1. The van der Waals surface area contributed by atoms with Crippen LogP contribution in [0.5, 0.6) is 0 Å². The Balaban J connectivity index is 1.48. The van der Waals surface area contributed by atoms with Gasteiger partial charge in [-0.15, -0.1) is 0 Å². The fourth-order valence-electron chi connectivity index (χ4n) is 5.20. The minimum atomic E-state index is -0.108. The number of hydrogen-bond donors (Lipinski definition) is 1. The number of nitrogens with zero attached hydrogens (tertiary/aromatic N) is 4. The molecule has 1 aliphatic carbocycles. The molecule has 2 aromatic rings. The van der Waals surface area contributed by atoms with Gasteiger partial charge >= 0.3 is 0 Å². The summed E-state index contributed by atoms with van der Waals surface area (Å²) in [6, 6.07) is 3.68. The number of rotatable bonds is 10. The van der Waals surface area contributed by atoms with Gasteiger partial charge in [0.05, 0.1) is 24.5 Å². The van der Waals surface area contributed by atoms with E-state index >= 15 is 0 Å². The molecule has 0 aromatic carbocycles. The van der Waals surface area contributed by atoms with E-state index < -0.39 is 0 Å². The average molecular weight is 470 g/mol. The van der Waals surface area contributed by atoms with Gasteiger partial charge in [-0.05, 0) is 37.8 Å². The van der Waals surface area contributed by atoms with E-state index in [1.807, 2.05) is 34.6 Å². The topological polar surface area (TPSA) is 79.2 Å². The molecular weight excluding hydrogens is 430 g/mol. The molecule has 0 bridgehead atoms. The van der Waals surface area contributed by atoms with Crippen LogP contribution in [0.2, 0.25) is 0 Å². The van der Waals surface area contributed by atoms with Crippen LogP contribution in [0.3, 0.4) is 0 Å². The van der Waals surface area contributed by atoms with Crippen LogP contribution in [-0.4, -0.2) is 72.0 Å². The Morgan fingerprint density at radius 2 is 1.94 bits per heavy atom. The number of ether oxygens (including phenoxy) is 1. The molecule has 0 unspecified atom stereocenters. The number of nitrogens with one attached hydrogen (secondary N) is 1. The van der Waals surface area contributed by atoms with Crippen LogP contribution >= 0.6 is 0 Å². The normalized spacial score (nSPS) is 17.4. The molecule has 34 heavy (non-hydrogen) atoms. The first-order chi connectivity index (χ1) is 16.6. The predicted molar refractivity (Wildman–Crippen MR) is 133 cm³/mol. The number of fused-ring (bicyclic) bond motifs is 1. The fourth-order valence-corrected chi connectivity index (χ4v) is 5.20. The maximum absolute atomic E-state index is 13.2. The van der Waals surface area contributed by atoms with Gasteiger partial charge in [-0.25, -0.2) is 4.98 Å². The van der Waals surface area contributed by atoms with Gasteiger partial charge in [0.2, 0.25) is 5.91 Å². The minimum Gasteiger partial charge on any atom is -0.379 e. The van der Waals surface area contributed by atoms with Crippen molar-refractivity contribution < 1.29 is 14.3 Å². The van der Waals surface area contributed by atoms with Crippen molar-refractivity contribution in [2.24, 2.45) is 5.92 Å². The summed E-state index contributed by atoms with van der Waals surface area (Å²) < 4.78 is 7.30. The molecule has 0 spiro atoms. The molecule has 3 heterocycles. The molecule has 1 saturated carbocycles. The third-order valence-corrected chi connectivity index (χ3v) is 7.19. The quantitative estimate of drug-likeness (QED) is 0.578. The van der Waals surface area contributed by atoms with Crippen molar-refractivity contribution in [2.45, 2.75) is 58.8 Å². The number of carbonyl (C=O) groups is 2. The van der Waals surface area contributed by atoms with Crippen molar-refractivity contribution >= 4 is 23.3 Å². The molecule has 0 radical (unpaired) electrons. The van der Waals surface area contributed by atoms with Crippen molar-refractivity contribution in [3.05, 3.63) is 29.6 Å². The van der Waals surface area contributed by atoms with Gasteiger partial charge in [0.25, 0.3) is 5.91 Å². The molecule has 1 N–H and O–H groups in total. The van der Waals surface area contributed by atoms with Crippen LogP contribution in [-0.2, 0) is 16.0 Å². The molecule has 8 nitrogen and oxygen atoms in total. The van der Waals surface area contributed by atoms with E-state index in [4.69, 9.17) is 9.72 Å². The van der Waals surface area contributed by atoms with Crippen LogP contribution in [0.4, 0.5) is 5.82 Å². The summed E-state index contributed by atoms with van der Waals surface area (Å²) >= 11 is 0. The SMILES string of the molecule is CCc1nc2ccc(C(=O)NCCN3CCOCC3)cn2c1N(CC)C(=O)CCC1CCCC1. The molecule has 0 atom stereocenters. The Labute approximate surface area is 202 Å². The molecule has 2 aliphatic rings. The summed E-state index contributed by atoms with van der Waals surface area (Å²) in [5.41, 5.74) is 2.23. The third-order valence-electron chi connectivity index (χ3n) is 7.19. The first-order valence-electron chi connectivity index (χ1n) is 13.0. The number of anilines is 1. The lowest BCUT2D eigenvalue weighted by atomic mass is 10.0. The number of pyridine rings is 1. The lowest BCUT2D eigenvalue weighted by molar-refractivity contribution is -0.118. The van der Waals surface area contributed by atoms with Gasteiger partial charge in [0.15, 0.2) is 0 Å². The molecule has 1 saturated heterocycles. The molecule has 4 rings (SSSR count). The molecule has 2 aromatic heterocycles. The highest BCUT2D eigenvalue weighted by Gasteiger charge is 2.24. The van der Waals surface area contributed by atoms with Gasteiger partial charge < -0.3 is 10.1 Å². The standard InChI is InChI=1S/C26H39N5O3/c1-3-22-26(30(4-2)24(32)12-9-20-7-5-6-8-20)31-19-21(10-11-23(31)28-22)25(33)27-13-14-29-15-17-34-18-16-29/h10-11,19-20H,3-9,12-18H2,1-2H3,(H,27,33). The lowest BCUT2D eigenvalue weighted by Crippen LogP contribution is -2.41. The Kier molecular flexibility index (Phi) is 8.56. The summed E-state index contributed by atoms with van der Waals surface area (Å²) in [5.74, 6) is 1.53. The van der Waals surface area contributed by atoms with Gasteiger partial charge in [0, 0.05) is 45.3 Å². The highest BCUT2D eigenvalue weighted by molar-refractivity contribution is 5.95. The van der Waals surface area contributed by atoms with Crippen LogP contribution in [0, 0.1) is 5.92 Å². The van der Waals surface area contributed by atoms with E-state index in [-0.39, 0.29) is 11.8 Å². The monoisotopic (exact) mass is 469 g/mol. The molecule has 1 aliphatic heterocycles. The summed E-state index contributed by atoms with van der Waals surface area (Å²) in [6.45, 7) is 9.36. The number of morpholine rings is 1. The summed E-state index contributed by atoms with van der Waals surface area (Å²) in [4.78, 5) is 35.0. The highest BCUT2D eigenvalue weighted by Crippen LogP contribution is 2.30.